The van der Waals surface area contributed by atoms with Crippen LogP contribution in [-0.4, -0.2) is 9.78 Å². The van der Waals surface area contributed by atoms with E-state index in [-0.39, 0.29) is 5.92 Å². The average Bonchev–Trinajstić information content (AvgIpc) is 2.78. The van der Waals surface area contributed by atoms with E-state index in [0.29, 0.717) is 6.54 Å². The van der Waals surface area contributed by atoms with Crippen LogP contribution in [0.2, 0.25) is 0 Å². The highest BCUT2D eigenvalue weighted by molar-refractivity contribution is 5.61. The van der Waals surface area contributed by atoms with E-state index in [1.165, 1.54) is 0 Å². The first-order chi connectivity index (χ1) is 7.79. The Hall–Kier alpha value is -2.08. The van der Waals surface area contributed by atoms with Crippen LogP contribution in [0.25, 0.3) is 11.1 Å². The summed E-state index contributed by atoms with van der Waals surface area (Å²) in [6.07, 6.45) is 3.81. The molecule has 16 heavy (non-hydrogen) atoms. The lowest BCUT2D eigenvalue weighted by Gasteiger charge is -2.01. The second kappa shape index (κ2) is 4.63. The van der Waals surface area contributed by atoms with Crippen molar-refractivity contribution in [1.82, 2.24) is 9.78 Å². The van der Waals surface area contributed by atoms with Crippen molar-refractivity contribution < 1.29 is 0 Å². The van der Waals surface area contributed by atoms with Gasteiger partial charge in [-0.05, 0) is 12.5 Å². The largest absolute Gasteiger partial charge is 0.271 e. The molecule has 2 rings (SSSR count). The topological polar surface area (TPSA) is 41.6 Å². The summed E-state index contributed by atoms with van der Waals surface area (Å²) in [6, 6.07) is 12.3. The van der Waals surface area contributed by atoms with Gasteiger partial charge in [-0.2, -0.15) is 10.4 Å². The Morgan fingerprint density at radius 2 is 2.06 bits per heavy atom. The van der Waals surface area contributed by atoms with Crippen molar-refractivity contribution in [1.29, 1.82) is 5.26 Å². The quantitative estimate of drug-likeness (QED) is 0.783. The van der Waals surface area contributed by atoms with E-state index in [9.17, 15) is 0 Å². The molecule has 0 bridgehead atoms. The lowest BCUT2D eigenvalue weighted by Crippen LogP contribution is -2.05. The molecule has 0 N–H and O–H groups in total. The van der Waals surface area contributed by atoms with Crippen LogP contribution in [0, 0.1) is 17.2 Å². The minimum atomic E-state index is -0.0106. The normalized spacial score (nSPS) is 12.0. The molecule has 0 radical (unpaired) electrons. The second-order valence-corrected chi connectivity index (χ2v) is 3.85. The van der Waals surface area contributed by atoms with Crippen LogP contribution >= 0.6 is 0 Å². The van der Waals surface area contributed by atoms with E-state index in [1.54, 1.807) is 0 Å². The smallest absolute Gasteiger partial charge is 0.0672 e. The fourth-order valence-electron chi connectivity index (χ4n) is 1.56. The molecule has 1 aromatic heterocycles. The highest BCUT2D eigenvalue weighted by atomic mass is 15.3. The molecule has 2 aromatic rings. The van der Waals surface area contributed by atoms with Gasteiger partial charge in [0.25, 0.3) is 0 Å². The Balaban J connectivity index is 2.18. The number of aromatic nitrogens is 2. The van der Waals surface area contributed by atoms with Gasteiger partial charge in [-0.1, -0.05) is 30.3 Å². The van der Waals surface area contributed by atoms with Gasteiger partial charge in [0.15, 0.2) is 0 Å². The van der Waals surface area contributed by atoms with Crippen molar-refractivity contribution in [3.05, 3.63) is 42.7 Å². The third-order valence-electron chi connectivity index (χ3n) is 2.42. The minimum absolute atomic E-state index is 0.0106. The van der Waals surface area contributed by atoms with Crippen LogP contribution < -0.4 is 0 Å². The van der Waals surface area contributed by atoms with Crippen molar-refractivity contribution >= 4 is 0 Å². The number of nitrogens with zero attached hydrogens (tertiary/aromatic N) is 3. The van der Waals surface area contributed by atoms with Gasteiger partial charge in [-0.3, -0.25) is 4.68 Å². The van der Waals surface area contributed by atoms with Gasteiger partial charge in [-0.15, -0.1) is 0 Å². The maximum absolute atomic E-state index is 8.73. The Kier molecular flexibility index (Phi) is 3.02. The van der Waals surface area contributed by atoms with Crippen molar-refractivity contribution in [2.24, 2.45) is 5.92 Å². The first-order valence-electron chi connectivity index (χ1n) is 5.27. The van der Waals surface area contributed by atoms with Gasteiger partial charge in [0.05, 0.1) is 24.7 Å². The van der Waals surface area contributed by atoms with E-state index in [0.717, 1.165) is 11.1 Å². The Bertz CT molecular complexity index is 493. The van der Waals surface area contributed by atoms with Gasteiger partial charge < -0.3 is 0 Å². The summed E-state index contributed by atoms with van der Waals surface area (Å²) in [5, 5.41) is 13.0. The third-order valence-corrected chi connectivity index (χ3v) is 2.42. The van der Waals surface area contributed by atoms with E-state index < -0.39 is 0 Å². The Morgan fingerprint density at radius 3 is 2.75 bits per heavy atom. The summed E-state index contributed by atoms with van der Waals surface area (Å²) in [5.74, 6) is -0.0106. The van der Waals surface area contributed by atoms with E-state index in [2.05, 4.69) is 23.3 Å². The van der Waals surface area contributed by atoms with Gasteiger partial charge in [0.1, 0.15) is 0 Å². The van der Waals surface area contributed by atoms with Gasteiger partial charge in [0.2, 0.25) is 0 Å². The number of hydrogen-bond acceptors (Lipinski definition) is 2. The Morgan fingerprint density at radius 1 is 1.31 bits per heavy atom. The molecule has 0 aliphatic carbocycles. The molecule has 0 fully saturated rings. The average molecular weight is 211 g/mol. The zero-order chi connectivity index (χ0) is 11.4. The van der Waals surface area contributed by atoms with E-state index >= 15 is 0 Å². The van der Waals surface area contributed by atoms with Crippen molar-refractivity contribution in [2.75, 3.05) is 0 Å². The summed E-state index contributed by atoms with van der Waals surface area (Å²) >= 11 is 0. The summed E-state index contributed by atoms with van der Waals surface area (Å²) in [4.78, 5) is 0. The molecular weight excluding hydrogens is 198 g/mol. The lowest BCUT2D eigenvalue weighted by molar-refractivity contribution is 0.529. The molecule has 3 heteroatoms. The number of benzene rings is 1. The third kappa shape index (κ3) is 2.29. The van der Waals surface area contributed by atoms with Gasteiger partial charge in [0, 0.05) is 11.8 Å². The predicted octanol–water partition coefficient (Wildman–Crippen LogP) is 2.71. The zero-order valence-corrected chi connectivity index (χ0v) is 9.17. The van der Waals surface area contributed by atoms with Crippen LogP contribution in [0.15, 0.2) is 42.7 Å². The van der Waals surface area contributed by atoms with Gasteiger partial charge in [-0.25, -0.2) is 0 Å². The van der Waals surface area contributed by atoms with Crippen molar-refractivity contribution in [3.8, 4) is 17.2 Å². The molecule has 3 nitrogen and oxygen atoms in total. The molecule has 1 unspecified atom stereocenters. The van der Waals surface area contributed by atoms with Gasteiger partial charge >= 0.3 is 0 Å². The molecule has 0 aliphatic rings. The molecule has 80 valence electrons. The molecule has 1 atom stereocenters. The minimum Gasteiger partial charge on any atom is -0.271 e. The molecule has 1 aromatic carbocycles. The summed E-state index contributed by atoms with van der Waals surface area (Å²) in [5.41, 5.74) is 2.24. The molecule has 0 saturated heterocycles. The predicted molar refractivity (Wildman–Crippen MR) is 62.4 cm³/mol. The zero-order valence-electron chi connectivity index (χ0n) is 9.17. The molecule has 0 aliphatic heterocycles. The van der Waals surface area contributed by atoms with Crippen LogP contribution in [0.4, 0.5) is 0 Å². The van der Waals surface area contributed by atoms with Crippen molar-refractivity contribution in [2.45, 2.75) is 13.5 Å². The SMILES string of the molecule is CC(C#N)Cn1cc(-c2ccccc2)cn1. The maximum atomic E-state index is 8.73. The lowest BCUT2D eigenvalue weighted by atomic mass is 10.1. The number of rotatable bonds is 3. The first-order valence-corrected chi connectivity index (χ1v) is 5.27. The molecule has 0 spiro atoms. The van der Waals surface area contributed by atoms with Crippen LogP contribution in [-0.2, 0) is 6.54 Å². The fourth-order valence-corrected chi connectivity index (χ4v) is 1.56. The second-order valence-electron chi connectivity index (χ2n) is 3.85. The molecule has 0 saturated carbocycles. The molecule has 0 amide bonds. The van der Waals surface area contributed by atoms with Crippen molar-refractivity contribution in [3.63, 3.8) is 0 Å². The standard InChI is InChI=1S/C13H13N3/c1-11(7-14)9-16-10-13(8-15-16)12-5-3-2-4-6-12/h2-6,8,10-11H,9H2,1H3. The highest BCUT2D eigenvalue weighted by Gasteiger charge is 2.04. The Labute approximate surface area is 94.9 Å². The molecule has 1 heterocycles. The maximum Gasteiger partial charge on any atom is 0.0672 e. The molecular formula is C13H13N3. The van der Waals surface area contributed by atoms with Crippen LogP contribution in [0.5, 0.6) is 0 Å². The monoisotopic (exact) mass is 211 g/mol. The van der Waals surface area contributed by atoms with E-state index in [1.807, 2.05) is 42.2 Å². The number of nitriles is 1. The van der Waals surface area contributed by atoms with Crippen LogP contribution in [0.3, 0.4) is 0 Å². The summed E-state index contributed by atoms with van der Waals surface area (Å²) in [6.45, 7) is 2.53. The first kappa shape index (κ1) is 10.4. The number of hydrogen-bond donors (Lipinski definition) is 0. The summed E-state index contributed by atoms with van der Waals surface area (Å²) in [7, 11) is 0. The summed E-state index contributed by atoms with van der Waals surface area (Å²) < 4.78 is 1.82. The highest BCUT2D eigenvalue weighted by Crippen LogP contribution is 2.17. The fraction of sp³-hybridized carbons (Fsp3) is 0.231. The van der Waals surface area contributed by atoms with Crippen LogP contribution in [0.1, 0.15) is 6.92 Å². The van der Waals surface area contributed by atoms with E-state index in [4.69, 9.17) is 5.26 Å².